The third-order valence-corrected chi connectivity index (χ3v) is 28.8. The number of hydrogen-bond donors (Lipinski definition) is 0. The maximum absolute atomic E-state index is 7.75. The predicted octanol–water partition coefficient (Wildman–Crippen LogP) is 3.48. The van der Waals surface area contributed by atoms with Gasteiger partial charge >= 0.3 is 0 Å². The molecule has 4 aromatic rings. The van der Waals surface area contributed by atoms with Crippen molar-refractivity contribution in [3.63, 3.8) is 0 Å². The normalized spacial score (nSPS) is 39.8. The van der Waals surface area contributed by atoms with Crippen LogP contribution in [0.2, 0.25) is 0 Å². The molecule has 0 amide bonds. The van der Waals surface area contributed by atoms with Crippen LogP contribution in [-0.2, 0) is 156 Å². The largest absolute Gasteiger partial charge is 0.382 e. The number of rotatable bonds is 32. The van der Waals surface area contributed by atoms with Crippen LogP contribution in [0.25, 0.3) is 0 Å². The number of methoxy groups -OCH3 is 19. The molecule has 4 aromatic carbocycles. The molecule has 21 saturated heterocycles. The third kappa shape index (κ3) is 21.2. The van der Waals surface area contributed by atoms with E-state index in [4.69, 9.17) is 156 Å². The summed E-state index contributed by atoms with van der Waals surface area (Å²) in [5.74, 6) is 0. The topological polar surface area (TPSA) is 305 Å². The first-order valence-corrected chi connectivity index (χ1v) is 43.5. The fourth-order valence-corrected chi connectivity index (χ4v) is 22.9. The molecule has 0 spiro atoms. The van der Waals surface area contributed by atoms with Gasteiger partial charge < -0.3 is 156 Å². The average molecular weight is 1740 g/mol. The molecule has 0 N–H and O–H groups in total. The van der Waals surface area contributed by atoms with E-state index in [1.807, 2.05) is 72.8 Å². The standard InChI is InChI=1S/C85H126O33P2/c1-86-40-51-58-65(91-6)72(98-13)79(105-51)113-59-52(41-87-2)107-81(74(100-15)66(59)92-7)115-61-54(43-89-4)109-83(76(102-17)68(61)94-9)117-63-56(45-119(47-32-24-20-25-33-47)48-34-26-21-27-35-48)111-85(78(104-19)70(63)96-11)118-64-57(46-120(49-36-28-22-29-37-49)50-38-30-23-31-39-50)110-84(77(103-18)71(64)97-12)116-62-55(44-90-5)108-82(75(101-16)69(62)95-10)114-60-53(42-88-3)106-80(112-58)73(99-14)67(60)93-8/h20-39,51-85H,40-46H2,1-19H3/t51-,52-,53-,54-,55-,56-,57-,58-,59-,60-,61-,62-,63-,64-,65+,66+,67+,68+,69+,70+,71+,72-,73-,74-,75-,76-,77-,78-,79-,80-,81-,82-,83-,84-,85-/m1/s1. The minimum Gasteiger partial charge on any atom is -0.382 e. The molecule has 21 heterocycles. The minimum atomic E-state index is -1.27. The molecule has 25 rings (SSSR count). The first-order chi connectivity index (χ1) is 58.7. The molecule has 120 heavy (non-hydrogen) atoms. The van der Waals surface area contributed by atoms with Gasteiger partial charge in [0.25, 0.3) is 0 Å². The van der Waals surface area contributed by atoms with Crippen molar-refractivity contribution in [3.8, 4) is 0 Å². The Bertz CT molecular complexity index is 3360. The summed E-state index contributed by atoms with van der Waals surface area (Å²) in [6.07, 6.45) is -36.0. The molecule has 21 aliphatic rings. The average Bonchev–Trinajstić information content (AvgIpc) is 0.768. The van der Waals surface area contributed by atoms with Crippen LogP contribution in [0, 0.1) is 0 Å². The van der Waals surface area contributed by atoms with Crippen molar-refractivity contribution < 1.29 is 156 Å². The Hall–Kier alpha value is -3.58. The highest BCUT2D eigenvalue weighted by Crippen LogP contribution is 2.47. The van der Waals surface area contributed by atoms with Gasteiger partial charge in [0.1, 0.15) is 159 Å². The van der Waals surface area contributed by atoms with Gasteiger partial charge in [0, 0.05) is 147 Å². The zero-order valence-electron chi connectivity index (χ0n) is 72.1. The maximum atomic E-state index is 7.75. The van der Waals surface area contributed by atoms with Crippen LogP contribution in [0.3, 0.4) is 0 Å². The fraction of sp³-hybridized carbons (Fsp3) is 0.718. The molecule has 0 aliphatic carbocycles. The molecule has 674 valence electrons. The summed E-state index contributed by atoms with van der Waals surface area (Å²) in [5, 5.41) is 4.27. The summed E-state index contributed by atoms with van der Waals surface area (Å²) in [4.78, 5) is 0. The van der Waals surface area contributed by atoms with Gasteiger partial charge in [-0.15, -0.1) is 0 Å². The van der Waals surface area contributed by atoms with Crippen molar-refractivity contribution in [2.75, 3.05) is 180 Å². The Labute approximate surface area is 707 Å². The van der Waals surface area contributed by atoms with Gasteiger partial charge in [0.2, 0.25) is 0 Å². The highest BCUT2D eigenvalue weighted by molar-refractivity contribution is 7.73. The van der Waals surface area contributed by atoms with Crippen LogP contribution < -0.4 is 21.2 Å². The molecular weight excluding hydrogens is 1610 g/mol. The molecule has 0 radical (unpaired) electrons. The van der Waals surface area contributed by atoms with Gasteiger partial charge in [-0.1, -0.05) is 121 Å². The second-order valence-corrected chi connectivity index (χ2v) is 34.7. The second kappa shape index (κ2) is 46.9. The summed E-state index contributed by atoms with van der Waals surface area (Å²) in [5.41, 5.74) is 0. The first-order valence-electron chi connectivity index (χ1n) is 40.5. The Balaban J connectivity index is 1.00. The summed E-state index contributed by atoms with van der Waals surface area (Å²) in [6, 6.07) is 41.2. The maximum Gasteiger partial charge on any atom is 0.187 e. The van der Waals surface area contributed by atoms with E-state index < -0.39 is 231 Å². The van der Waals surface area contributed by atoms with Gasteiger partial charge in [-0.2, -0.15) is 0 Å². The van der Waals surface area contributed by atoms with Crippen molar-refractivity contribution in [2.45, 2.75) is 215 Å². The fourth-order valence-electron chi connectivity index (χ4n) is 18.1. The Kier molecular flexibility index (Phi) is 37.4. The summed E-state index contributed by atoms with van der Waals surface area (Å²) < 4.78 is 223. The van der Waals surface area contributed by atoms with Gasteiger partial charge in [-0.05, 0) is 37.1 Å². The molecule has 14 bridgehead atoms. The van der Waals surface area contributed by atoms with Crippen LogP contribution in [0.15, 0.2) is 121 Å². The molecule has 0 saturated carbocycles. The monoisotopic (exact) mass is 1740 g/mol. The van der Waals surface area contributed by atoms with E-state index in [0.29, 0.717) is 12.3 Å². The molecule has 35 heteroatoms. The minimum absolute atomic E-state index is 0.0449. The van der Waals surface area contributed by atoms with Crippen LogP contribution >= 0.6 is 15.8 Å². The van der Waals surface area contributed by atoms with E-state index >= 15 is 0 Å². The summed E-state index contributed by atoms with van der Waals surface area (Å²) >= 11 is 0. The number of benzene rings is 4. The summed E-state index contributed by atoms with van der Waals surface area (Å²) in [6.45, 7) is -0.232. The SMILES string of the molecule is COC[C@H]1O[C@@H]2O[C@H]3[C@H](OC)[C@@H](OC)[C@@H](O[C@H]4[C@H](OC)[C@@H](OC)[C@@H](O[C@H]5[C@H](OC)[C@@H](OC)[C@@H](O[C@H]6[C@H](OC)[C@@H](OC)[C@@H](O[C@H]7[C@H](OC)[C@@H](OC)[C@@H](O[C@H]8[C@H](OC)[C@@H](OC)[C@@H](O[C@H]1[C@H](OC)[C@H]2OC)O[C@@H]8COC)O[C@@H]7COC)O[C@@H]6CP(c1ccccc1)c1ccccc1)O[C@@H]5CP(c1ccccc1)c1ccccc1)O[C@@H]4COC)O[C@@H]3COC. The van der Waals surface area contributed by atoms with E-state index in [2.05, 4.69) is 48.5 Å². The van der Waals surface area contributed by atoms with Gasteiger partial charge in [-0.3, -0.25) is 0 Å². The van der Waals surface area contributed by atoms with Crippen molar-refractivity contribution in [3.05, 3.63) is 121 Å². The lowest BCUT2D eigenvalue weighted by Gasteiger charge is -2.53. The smallest absolute Gasteiger partial charge is 0.187 e. The molecule has 21 fully saturated rings. The molecule has 33 nitrogen and oxygen atoms in total. The van der Waals surface area contributed by atoms with Crippen molar-refractivity contribution in [1.29, 1.82) is 0 Å². The lowest BCUT2D eigenvalue weighted by Crippen LogP contribution is -2.69. The van der Waals surface area contributed by atoms with E-state index in [1.165, 1.54) is 56.9 Å². The Morgan fingerprint density at radius 2 is 0.325 bits per heavy atom. The van der Waals surface area contributed by atoms with Crippen LogP contribution in [0.1, 0.15) is 0 Å². The molecule has 0 unspecified atom stereocenters. The third-order valence-electron chi connectivity index (χ3n) is 23.6. The first kappa shape index (κ1) is 95.5. The lowest BCUT2D eigenvalue weighted by atomic mass is 9.94. The summed E-state index contributed by atoms with van der Waals surface area (Å²) in [7, 11) is 26.9. The second-order valence-electron chi connectivity index (χ2n) is 30.1. The highest BCUT2D eigenvalue weighted by atomic mass is 31.1. The Morgan fingerprint density at radius 1 is 0.183 bits per heavy atom. The quantitative estimate of drug-likeness (QED) is 0.0632. The molecular formula is C85H126O33P2. The van der Waals surface area contributed by atoms with Gasteiger partial charge in [-0.25, -0.2) is 0 Å². The van der Waals surface area contributed by atoms with E-state index in [-0.39, 0.29) is 33.0 Å². The van der Waals surface area contributed by atoms with E-state index in [9.17, 15) is 0 Å². The van der Waals surface area contributed by atoms with Crippen LogP contribution in [0.5, 0.6) is 0 Å². The zero-order chi connectivity index (χ0) is 85.1. The number of hydrogen-bond acceptors (Lipinski definition) is 33. The lowest BCUT2D eigenvalue weighted by molar-refractivity contribution is -0.402. The van der Waals surface area contributed by atoms with Crippen LogP contribution in [-0.4, -0.2) is 395 Å². The zero-order valence-corrected chi connectivity index (χ0v) is 73.9. The van der Waals surface area contributed by atoms with Crippen molar-refractivity contribution >= 4 is 37.1 Å². The van der Waals surface area contributed by atoms with Crippen molar-refractivity contribution in [1.82, 2.24) is 0 Å². The van der Waals surface area contributed by atoms with E-state index in [0.717, 1.165) is 21.2 Å². The van der Waals surface area contributed by atoms with E-state index in [1.54, 1.807) is 78.2 Å². The predicted molar refractivity (Wildman–Crippen MR) is 433 cm³/mol. The number of ether oxygens (including phenoxy) is 33. The van der Waals surface area contributed by atoms with Crippen LogP contribution in [0.4, 0.5) is 0 Å². The van der Waals surface area contributed by atoms with Gasteiger partial charge in [0.15, 0.2) is 44.0 Å². The molecule has 21 aliphatic heterocycles. The Morgan fingerprint density at radius 3 is 0.467 bits per heavy atom. The molecule has 35 atom stereocenters. The highest BCUT2D eigenvalue weighted by Gasteiger charge is 2.63. The van der Waals surface area contributed by atoms with Gasteiger partial charge in [0.05, 0.1) is 45.2 Å². The molecule has 0 aromatic heterocycles. The van der Waals surface area contributed by atoms with Crippen molar-refractivity contribution in [2.24, 2.45) is 0 Å².